The summed E-state index contributed by atoms with van der Waals surface area (Å²) in [6.45, 7) is 5.21. The van der Waals surface area contributed by atoms with Gasteiger partial charge in [0.15, 0.2) is 17.5 Å². The van der Waals surface area contributed by atoms with Gasteiger partial charge in [0.05, 0.1) is 23.8 Å². The summed E-state index contributed by atoms with van der Waals surface area (Å²) in [5.74, 6) is 1.99. The Balaban J connectivity index is 1.10. The third-order valence-corrected chi connectivity index (χ3v) is 7.23. The van der Waals surface area contributed by atoms with Gasteiger partial charge in [-0.2, -0.15) is 20.2 Å². The smallest absolute Gasteiger partial charge is 0.229 e. The fraction of sp³-hybridized carbons (Fsp3) is 0.333. The number of halogens is 1. The van der Waals surface area contributed by atoms with Crippen molar-refractivity contribution in [2.45, 2.75) is 32.7 Å². The maximum absolute atomic E-state index is 13.2. The zero-order valence-electron chi connectivity index (χ0n) is 22.5. The van der Waals surface area contributed by atoms with E-state index in [0.29, 0.717) is 49.3 Å². The van der Waals surface area contributed by atoms with Crippen LogP contribution in [0.4, 0.5) is 22.0 Å². The molecule has 0 radical (unpaired) electrons. The summed E-state index contributed by atoms with van der Waals surface area (Å²) in [5.41, 5.74) is 2.64. The molecule has 0 aliphatic carbocycles. The fourth-order valence-corrected chi connectivity index (χ4v) is 4.94. The lowest BCUT2D eigenvalue weighted by Crippen LogP contribution is -2.41. The van der Waals surface area contributed by atoms with E-state index in [2.05, 4.69) is 35.8 Å². The molecule has 12 nitrogen and oxygen atoms in total. The van der Waals surface area contributed by atoms with Crippen molar-refractivity contribution >= 4 is 34.5 Å². The molecule has 0 saturated carbocycles. The van der Waals surface area contributed by atoms with Crippen molar-refractivity contribution in [2.75, 3.05) is 23.3 Å². The molecule has 0 spiro atoms. The molecule has 1 aliphatic heterocycles. The van der Waals surface area contributed by atoms with Crippen LogP contribution < -0.4 is 15.5 Å². The minimum absolute atomic E-state index is 0.0143. The van der Waals surface area contributed by atoms with E-state index in [-0.39, 0.29) is 17.9 Å². The van der Waals surface area contributed by atoms with Crippen LogP contribution in [0.3, 0.4) is 0 Å². The summed E-state index contributed by atoms with van der Waals surface area (Å²) in [7, 11) is 1.96. The van der Waals surface area contributed by atoms with Crippen molar-refractivity contribution in [3.05, 3.63) is 66.1 Å². The summed E-state index contributed by atoms with van der Waals surface area (Å²) < 4.78 is 16.6. The molecule has 1 fully saturated rings. The van der Waals surface area contributed by atoms with E-state index in [1.165, 1.54) is 10.9 Å². The van der Waals surface area contributed by atoms with Gasteiger partial charge in [-0.05, 0) is 44.4 Å². The number of H-pyrrole nitrogens is 1. The Bertz CT molecular complexity index is 1650. The highest BCUT2D eigenvalue weighted by Gasteiger charge is 2.28. The minimum atomic E-state index is -0.425. The van der Waals surface area contributed by atoms with E-state index >= 15 is 0 Å². The molecule has 206 valence electrons. The van der Waals surface area contributed by atoms with Gasteiger partial charge in [-0.25, -0.2) is 14.1 Å². The molecule has 6 heterocycles. The molecule has 1 amide bonds. The molecule has 1 atom stereocenters. The Morgan fingerprint density at radius 1 is 1.18 bits per heavy atom. The number of fused-ring (bicyclic) bond motifs is 1. The topological polar surface area (TPSA) is 134 Å². The number of hydrogen-bond donors (Lipinski definition) is 3. The van der Waals surface area contributed by atoms with Crippen molar-refractivity contribution in [3.8, 4) is 5.82 Å². The molecular formula is C27H30FN11O. The van der Waals surface area contributed by atoms with Gasteiger partial charge >= 0.3 is 0 Å². The minimum Gasteiger partial charge on any atom is -0.349 e. The van der Waals surface area contributed by atoms with Crippen molar-refractivity contribution in [3.63, 3.8) is 0 Å². The third-order valence-electron chi connectivity index (χ3n) is 7.23. The van der Waals surface area contributed by atoms with Gasteiger partial charge in [0, 0.05) is 50.2 Å². The van der Waals surface area contributed by atoms with Crippen molar-refractivity contribution in [1.82, 2.24) is 44.8 Å². The number of nitrogens with one attached hydrogen (secondary N) is 3. The predicted octanol–water partition coefficient (Wildman–Crippen LogP) is 3.56. The number of hydrogen-bond acceptors (Lipinski definition) is 8. The maximum Gasteiger partial charge on any atom is 0.229 e. The number of nitrogens with zero attached hydrogens (tertiary/aromatic N) is 8. The zero-order valence-corrected chi connectivity index (χ0v) is 22.5. The standard InChI is InChI=1S/C27H30FN11O/c1-16-12-22(36-35-16)32-24-21-8-9-37(3)25(21)34-27(33-24)38-10-6-18(7-11-38)26(40)31-17(2)19-4-5-23(29-13-19)39-15-20(28)14-30-39/h4-5,8-9,12-15,17-18H,6-7,10-11H2,1-3H3,(H,31,40)(H2,32,33,34,35,36)/t17-/m0/s1. The summed E-state index contributed by atoms with van der Waals surface area (Å²) in [4.78, 5) is 29.2. The molecular weight excluding hydrogens is 513 g/mol. The van der Waals surface area contributed by atoms with E-state index in [9.17, 15) is 9.18 Å². The largest absolute Gasteiger partial charge is 0.349 e. The number of amides is 1. The second-order valence-corrected chi connectivity index (χ2v) is 10.1. The molecule has 13 heteroatoms. The van der Waals surface area contributed by atoms with Gasteiger partial charge in [0.2, 0.25) is 11.9 Å². The van der Waals surface area contributed by atoms with E-state index < -0.39 is 5.82 Å². The molecule has 5 aromatic heterocycles. The van der Waals surface area contributed by atoms with Crippen LogP contribution in [-0.2, 0) is 11.8 Å². The number of rotatable bonds is 7. The quantitative estimate of drug-likeness (QED) is 0.284. The average molecular weight is 544 g/mol. The van der Waals surface area contributed by atoms with Crippen LogP contribution in [0.2, 0.25) is 0 Å². The Kier molecular flexibility index (Phi) is 6.62. The lowest BCUT2D eigenvalue weighted by Gasteiger charge is -2.32. The van der Waals surface area contributed by atoms with Crippen molar-refractivity contribution < 1.29 is 9.18 Å². The van der Waals surface area contributed by atoms with E-state index in [1.807, 2.05) is 49.9 Å². The second-order valence-electron chi connectivity index (χ2n) is 10.1. The molecule has 0 unspecified atom stereocenters. The first-order valence-corrected chi connectivity index (χ1v) is 13.2. The number of aryl methyl sites for hydroxylation is 2. The number of carbonyl (C=O) groups is 1. The predicted molar refractivity (Wildman–Crippen MR) is 148 cm³/mol. The number of piperidine rings is 1. The summed E-state index contributed by atoms with van der Waals surface area (Å²) in [6, 6.07) is 7.31. The van der Waals surface area contributed by atoms with Crippen LogP contribution in [0.25, 0.3) is 16.9 Å². The Hall–Kier alpha value is -4.81. The van der Waals surface area contributed by atoms with Gasteiger partial charge in [0.1, 0.15) is 11.5 Å². The second kappa shape index (κ2) is 10.4. The van der Waals surface area contributed by atoms with Crippen LogP contribution in [0.1, 0.15) is 37.1 Å². The fourth-order valence-electron chi connectivity index (χ4n) is 4.94. The first-order chi connectivity index (χ1) is 19.3. The lowest BCUT2D eigenvalue weighted by molar-refractivity contribution is -0.126. The highest BCUT2D eigenvalue weighted by atomic mass is 19.1. The Morgan fingerprint density at radius 2 is 2.00 bits per heavy atom. The van der Waals surface area contributed by atoms with Crippen LogP contribution in [0.5, 0.6) is 0 Å². The summed E-state index contributed by atoms with van der Waals surface area (Å²) in [6.07, 6.45) is 7.41. The number of anilines is 3. The molecule has 1 aliphatic rings. The van der Waals surface area contributed by atoms with Gasteiger partial charge in [-0.15, -0.1) is 0 Å². The van der Waals surface area contributed by atoms with Crippen molar-refractivity contribution in [1.29, 1.82) is 0 Å². The first-order valence-electron chi connectivity index (χ1n) is 13.2. The van der Waals surface area contributed by atoms with E-state index in [0.717, 1.165) is 28.5 Å². The van der Waals surface area contributed by atoms with Gasteiger partial charge < -0.3 is 20.1 Å². The Labute approximate surface area is 229 Å². The number of aromatic amines is 1. The third kappa shape index (κ3) is 5.09. The number of aromatic nitrogens is 8. The van der Waals surface area contributed by atoms with E-state index in [1.54, 1.807) is 12.3 Å². The summed E-state index contributed by atoms with van der Waals surface area (Å²) >= 11 is 0. The molecule has 0 aromatic carbocycles. The van der Waals surface area contributed by atoms with Crippen LogP contribution in [0, 0.1) is 18.7 Å². The summed E-state index contributed by atoms with van der Waals surface area (Å²) in [5, 5.41) is 18.5. The molecule has 1 saturated heterocycles. The van der Waals surface area contributed by atoms with Gasteiger partial charge in [0.25, 0.3) is 0 Å². The van der Waals surface area contributed by atoms with E-state index in [4.69, 9.17) is 9.97 Å². The SMILES string of the molecule is Cc1cc(Nc2nc(N3CCC(C(=O)N[C@@H](C)c4ccc(-n5cc(F)cn5)nc4)CC3)nc3c2ccn3C)n[nH]1. The highest BCUT2D eigenvalue weighted by molar-refractivity contribution is 5.90. The maximum atomic E-state index is 13.2. The molecule has 6 rings (SSSR count). The first kappa shape index (κ1) is 25.5. The highest BCUT2D eigenvalue weighted by Crippen LogP contribution is 2.29. The average Bonchev–Trinajstić information content (AvgIpc) is 3.69. The number of pyridine rings is 1. The monoisotopic (exact) mass is 543 g/mol. The molecule has 3 N–H and O–H groups in total. The molecule has 0 bridgehead atoms. The Morgan fingerprint density at radius 3 is 2.67 bits per heavy atom. The van der Waals surface area contributed by atoms with Gasteiger partial charge in [-0.1, -0.05) is 6.07 Å². The van der Waals surface area contributed by atoms with Gasteiger partial charge in [-0.3, -0.25) is 9.89 Å². The molecule has 40 heavy (non-hydrogen) atoms. The van der Waals surface area contributed by atoms with Crippen LogP contribution >= 0.6 is 0 Å². The van der Waals surface area contributed by atoms with Crippen molar-refractivity contribution in [2.24, 2.45) is 13.0 Å². The normalized spacial score (nSPS) is 14.9. The van der Waals surface area contributed by atoms with Crippen LogP contribution in [-0.4, -0.2) is 58.5 Å². The molecule has 5 aromatic rings. The number of carbonyl (C=O) groups excluding carboxylic acids is 1. The zero-order chi connectivity index (χ0) is 27.8. The lowest BCUT2D eigenvalue weighted by atomic mass is 9.95. The van der Waals surface area contributed by atoms with Crippen LogP contribution in [0.15, 0.2) is 49.1 Å².